The molecule has 0 atom stereocenters. The Hall–Kier alpha value is -0.290. The number of rotatable bonds is 5. The van der Waals surface area contributed by atoms with Crippen molar-refractivity contribution in [1.82, 2.24) is 5.32 Å². The van der Waals surface area contributed by atoms with Gasteiger partial charge in [0.2, 0.25) is 0 Å². The van der Waals surface area contributed by atoms with Crippen LogP contribution >= 0.6 is 43.6 Å². The maximum absolute atomic E-state index is 3.68. The summed E-state index contributed by atoms with van der Waals surface area (Å²) in [6.45, 7) is 0.965. The van der Waals surface area contributed by atoms with Gasteiger partial charge in [0.1, 0.15) is 0 Å². The second-order valence-electron chi connectivity index (χ2n) is 4.98. The van der Waals surface area contributed by atoms with Crippen LogP contribution < -0.4 is 5.32 Å². The molecule has 1 aliphatic rings. The van der Waals surface area contributed by atoms with Crippen molar-refractivity contribution in [2.75, 3.05) is 0 Å². The average molecular weight is 413 g/mol. The lowest BCUT2D eigenvalue weighted by Gasteiger charge is -2.08. The summed E-state index contributed by atoms with van der Waals surface area (Å²) < 4.78 is 2.28. The third-order valence-corrected chi connectivity index (χ3v) is 5.74. The molecule has 0 amide bonds. The van der Waals surface area contributed by atoms with E-state index in [1.54, 1.807) is 11.8 Å². The number of hydrogen-bond acceptors (Lipinski definition) is 2. The monoisotopic (exact) mass is 411 g/mol. The maximum atomic E-state index is 3.68. The van der Waals surface area contributed by atoms with Crippen LogP contribution in [0, 0.1) is 0 Å². The summed E-state index contributed by atoms with van der Waals surface area (Å²) in [6.07, 6.45) is 2.66. The molecule has 104 valence electrons. The van der Waals surface area contributed by atoms with Crippen molar-refractivity contribution >= 4 is 43.6 Å². The van der Waals surface area contributed by atoms with Crippen molar-refractivity contribution in [3.05, 3.63) is 57.0 Å². The van der Waals surface area contributed by atoms with Gasteiger partial charge in [-0.05, 0) is 70.7 Å². The number of nitrogens with one attached hydrogen (secondary N) is 1. The van der Waals surface area contributed by atoms with E-state index in [9.17, 15) is 0 Å². The van der Waals surface area contributed by atoms with E-state index in [4.69, 9.17) is 0 Å². The Balaban J connectivity index is 1.68. The smallest absolute Gasteiger partial charge is 0.0318 e. The molecule has 0 heterocycles. The highest BCUT2D eigenvalue weighted by Crippen LogP contribution is 2.34. The number of hydrogen-bond donors (Lipinski definition) is 1. The fourth-order valence-electron chi connectivity index (χ4n) is 1.92. The Morgan fingerprint density at radius 2 is 1.80 bits per heavy atom. The van der Waals surface area contributed by atoms with Crippen LogP contribution in [0.3, 0.4) is 0 Å². The highest BCUT2D eigenvalue weighted by atomic mass is 79.9. The molecule has 0 unspecified atom stereocenters. The van der Waals surface area contributed by atoms with E-state index in [1.165, 1.54) is 32.7 Å². The van der Waals surface area contributed by atoms with Crippen molar-refractivity contribution in [3.63, 3.8) is 0 Å². The van der Waals surface area contributed by atoms with E-state index in [0.717, 1.165) is 17.1 Å². The topological polar surface area (TPSA) is 12.0 Å². The molecule has 0 aromatic heterocycles. The van der Waals surface area contributed by atoms with Gasteiger partial charge in [0.25, 0.3) is 0 Å². The second-order valence-corrected chi connectivity index (χ2v) is 7.86. The molecule has 20 heavy (non-hydrogen) atoms. The fourth-order valence-corrected chi connectivity index (χ4v) is 3.67. The minimum atomic E-state index is 0.755. The molecule has 3 rings (SSSR count). The summed E-state index contributed by atoms with van der Waals surface area (Å²) in [5, 5.41) is 3.54. The van der Waals surface area contributed by atoms with Gasteiger partial charge in [-0.3, -0.25) is 0 Å². The minimum absolute atomic E-state index is 0.755. The van der Waals surface area contributed by atoms with E-state index >= 15 is 0 Å². The van der Waals surface area contributed by atoms with Gasteiger partial charge < -0.3 is 5.32 Å². The lowest BCUT2D eigenvalue weighted by atomic mass is 10.2. The summed E-state index contributed by atoms with van der Waals surface area (Å²) >= 11 is 8.93. The van der Waals surface area contributed by atoms with Crippen LogP contribution in [0.5, 0.6) is 0 Å². The summed E-state index contributed by atoms with van der Waals surface area (Å²) in [5.41, 5.74) is 1.34. The molecule has 2 aromatic rings. The van der Waals surface area contributed by atoms with Crippen molar-refractivity contribution in [1.29, 1.82) is 0 Å². The van der Waals surface area contributed by atoms with Gasteiger partial charge in [0.15, 0.2) is 0 Å². The molecular weight excluding hydrogens is 398 g/mol. The standard InChI is InChI=1S/C16H15Br2NS/c17-12-2-6-14(7-3-12)20-16-8-1-11(9-15(16)18)10-19-13-4-5-13/h1-3,6-9,13,19H,4-5,10H2. The van der Waals surface area contributed by atoms with Gasteiger partial charge in [-0.1, -0.05) is 33.8 Å². The first-order valence-electron chi connectivity index (χ1n) is 6.66. The first-order chi connectivity index (χ1) is 9.70. The summed E-state index contributed by atoms with van der Waals surface area (Å²) in [4.78, 5) is 2.50. The van der Waals surface area contributed by atoms with Gasteiger partial charge in [-0.2, -0.15) is 0 Å². The molecule has 1 aliphatic carbocycles. The third kappa shape index (κ3) is 4.10. The Labute approximate surface area is 140 Å². The van der Waals surface area contributed by atoms with E-state index in [0.29, 0.717) is 0 Å². The van der Waals surface area contributed by atoms with Crippen LogP contribution in [0.4, 0.5) is 0 Å². The van der Waals surface area contributed by atoms with Gasteiger partial charge in [-0.25, -0.2) is 0 Å². The Kier molecular flexibility index (Phi) is 4.87. The van der Waals surface area contributed by atoms with E-state index in [-0.39, 0.29) is 0 Å². The molecule has 1 fully saturated rings. The molecule has 0 saturated heterocycles. The lowest BCUT2D eigenvalue weighted by molar-refractivity contribution is 0.687. The summed E-state index contributed by atoms with van der Waals surface area (Å²) in [6, 6.07) is 15.8. The van der Waals surface area contributed by atoms with Gasteiger partial charge in [0.05, 0.1) is 0 Å². The van der Waals surface area contributed by atoms with Crippen LogP contribution in [-0.4, -0.2) is 6.04 Å². The molecule has 1 N–H and O–H groups in total. The van der Waals surface area contributed by atoms with Crippen molar-refractivity contribution < 1.29 is 0 Å². The predicted octanol–water partition coefficient (Wildman–Crippen LogP) is 5.61. The average Bonchev–Trinajstić information content (AvgIpc) is 3.26. The fraction of sp³-hybridized carbons (Fsp3) is 0.250. The number of halogens is 2. The van der Waals surface area contributed by atoms with Gasteiger partial charge in [-0.15, -0.1) is 0 Å². The van der Waals surface area contributed by atoms with Crippen molar-refractivity contribution in [3.8, 4) is 0 Å². The highest BCUT2D eigenvalue weighted by Gasteiger charge is 2.19. The van der Waals surface area contributed by atoms with Crippen LogP contribution in [0.25, 0.3) is 0 Å². The number of benzene rings is 2. The third-order valence-electron chi connectivity index (χ3n) is 3.21. The molecule has 0 spiro atoms. The molecule has 0 aliphatic heterocycles. The zero-order valence-electron chi connectivity index (χ0n) is 10.9. The summed E-state index contributed by atoms with van der Waals surface area (Å²) in [5.74, 6) is 0. The van der Waals surface area contributed by atoms with Gasteiger partial charge >= 0.3 is 0 Å². The zero-order valence-corrected chi connectivity index (χ0v) is 14.9. The molecular formula is C16H15Br2NS. The molecule has 1 nitrogen and oxygen atoms in total. The predicted molar refractivity (Wildman–Crippen MR) is 92.3 cm³/mol. The van der Waals surface area contributed by atoms with E-state index in [1.807, 2.05) is 0 Å². The summed E-state index contributed by atoms with van der Waals surface area (Å²) in [7, 11) is 0. The Morgan fingerprint density at radius 1 is 1.05 bits per heavy atom. The van der Waals surface area contributed by atoms with E-state index < -0.39 is 0 Å². The zero-order chi connectivity index (χ0) is 13.9. The molecule has 2 aromatic carbocycles. The largest absolute Gasteiger partial charge is 0.310 e. The first-order valence-corrected chi connectivity index (χ1v) is 9.06. The van der Waals surface area contributed by atoms with Gasteiger partial charge in [0, 0.05) is 31.3 Å². The highest BCUT2D eigenvalue weighted by molar-refractivity contribution is 9.10. The maximum Gasteiger partial charge on any atom is 0.0318 e. The Morgan fingerprint density at radius 3 is 2.45 bits per heavy atom. The molecule has 0 radical (unpaired) electrons. The SMILES string of the molecule is Brc1ccc(Sc2ccc(CNC3CC3)cc2Br)cc1. The Bertz CT molecular complexity index is 594. The van der Waals surface area contributed by atoms with Crippen LogP contribution in [0.2, 0.25) is 0 Å². The molecule has 0 bridgehead atoms. The molecule has 4 heteroatoms. The second kappa shape index (κ2) is 6.65. The molecule has 1 saturated carbocycles. The first kappa shape index (κ1) is 14.6. The quantitative estimate of drug-likeness (QED) is 0.684. The van der Waals surface area contributed by atoms with Crippen molar-refractivity contribution in [2.24, 2.45) is 0 Å². The lowest BCUT2D eigenvalue weighted by Crippen LogP contribution is -2.15. The van der Waals surface area contributed by atoms with Crippen molar-refractivity contribution in [2.45, 2.75) is 35.2 Å². The van der Waals surface area contributed by atoms with Crippen LogP contribution in [-0.2, 0) is 6.54 Å². The van der Waals surface area contributed by atoms with Crippen LogP contribution in [0.1, 0.15) is 18.4 Å². The van der Waals surface area contributed by atoms with Crippen LogP contribution in [0.15, 0.2) is 61.2 Å². The normalized spacial score (nSPS) is 14.5. The van der Waals surface area contributed by atoms with E-state index in [2.05, 4.69) is 79.6 Å². The minimum Gasteiger partial charge on any atom is -0.310 e.